The van der Waals surface area contributed by atoms with Crippen LogP contribution >= 0.6 is 0 Å². The van der Waals surface area contributed by atoms with Crippen LogP contribution in [0.25, 0.3) is 5.57 Å². The largest absolute Gasteiger partial charge is 0.508 e. The van der Waals surface area contributed by atoms with Gasteiger partial charge in [-0.25, -0.2) is 0 Å². The van der Waals surface area contributed by atoms with Crippen LogP contribution in [-0.4, -0.2) is 24.8 Å². The van der Waals surface area contributed by atoms with E-state index in [9.17, 15) is 15.2 Å². The number of allylic oxidation sites excluding steroid dienone is 1. The summed E-state index contributed by atoms with van der Waals surface area (Å²) in [7, 11) is 1.59. The van der Waals surface area contributed by atoms with Crippen LogP contribution in [0, 0.1) is 11.3 Å². The van der Waals surface area contributed by atoms with E-state index in [1.807, 2.05) is 24.3 Å². The van der Waals surface area contributed by atoms with Gasteiger partial charge < -0.3 is 14.6 Å². The number of hydrogen-bond donors (Lipinski definition) is 1. The molecule has 2 aromatic carbocycles. The molecule has 5 heteroatoms. The Kier molecular flexibility index (Phi) is 6.81. The van der Waals surface area contributed by atoms with Crippen molar-refractivity contribution in [2.75, 3.05) is 13.7 Å². The first kappa shape index (κ1) is 19.1. The van der Waals surface area contributed by atoms with Crippen LogP contribution in [0.2, 0.25) is 0 Å². The van der Waals surface area contributed by atoms with Gasteiger partial charge in [0.25, 0.3) is 0 Å². The van der Waals surface area contributed by atoms with Crippen LogP contribution in [0.4, 0.5) is 0 Å². The van der Waals surface area contributed by atoms with E-state index in [2.05, 4.69) is 6.07 Å². The maximum atomic E-state index is 11.7. The molecule has 0 heterocycles. The second-order valence-corrected chi connectivity index (χ2v) is 5.55. The van der Waals surface area contributed by atoms with Gasteiger partial charge in [-0.2, -0.15) is 5.26 Å². The highest BCUT2D eigenvalue weighted by Gasteiger charge is 2.14. The van der Waals surface area contributed by atoms with E-state index in [-0.39, 0.29) is 24.6 Å². The summed E-state index contributed by atoms with van der Waals surface area (Å²) in [4.78, 5) is 11.7. The zero-order valence-corrected chi connectivity index (χ0v) is 14.9. The Hall–Kier alpha value is -3.26. The molecule has 0 aliphatic heterocycles. The minimum atomic E-state index is -0.333. The van der Waals surface area contributed by atoms with Crippen molar-refractivity contribution in [3.05, 3.63) is 65.2 Å². The Morgan fingerprint density at radius 3 is 2.12 bits per heavy atom. The molecule has 0 amide bonds. The van der Waals surface area contributed by atoms with Crippen molar-refractivity contribution in [3.63, 3.8) is 0 Å². The Bertz CT molecular complexity index is 815. The minimum absolute atomic E-state index is 0.133. The molecular formula is C21H21NO4. The lowest BCUT2D eigenvalue weighted by atomic mass is 9.91. The van der Waals surface area contributed by atoms with Crippen molar-refractivity contribution >= 4 is 11.5 Å². The Labute approximate surface area is 153 Å². The highest BCUT2D eigenvalue weighted by molar-refractivity contribution is 5.85. The Balaban J connectivity index is 2.47. The number of esters is 1. The zero-order chi connectivity index (χ0) is 18.9. The summed E-state index contributed by atoms with van der Waals surface area (Å²) in [5.74, 6) is 0.525. The monoisotopic (exact) mass is 351 g/mol. The maximum Gasteiger partial charge on any atom is 0.306 e. The van der Waals surface area contributed by atoms with Crippen molar-refractivity contribution in [1.82, 2.24) is 0 Å². The quantitative estimate of drug-likeness (QED) is 0.601. The summed E-state index contributed by atoms with van der Waals surface area (Å²) in [6, 6.07) is 16.2. The second-order valence-electron chi connectivity index (χ2n) is 5.55. The molecule has 0 aromatic heterocycles. The molecule has 5 nitrogen and oxygen atoms in total. The van der Waals surface area contributed by atoms with Crippen LogP contribution in [0.15, 0.2) is 54.1 Å². The van der Waals surface area contributed by atoms with E-state index in [0.717, 1.165) is 16.7 Å². The molecule has 0 unspecified atom stereocenters. The summed E-state index contributed by atoms with van der Waals surface area (Å²) in [6.07, 6.45) is 0.409. The lowest BCUT2D eigenvalue weighted by molar-refractivity contribution is -0.143. The number of carbonyl (C=O) groups excluding carboxylic acids is 1. The predicted molar refractivity (Wildman–Crippen MR) is 98.6 cm³/mol. The van der Waals surface area contributed by atoms with Crippen LogP contribution in [0.1, 0.15) is 30.9 Å². The van der Waals surface area contributed by atoms with Gasteiger partial charge >= 0.3 is 5.97 Å². The van der Waals surface area contributed by atoms with Gasteiger partial charge in [0.1, 0.15) is 11.5 Å². The smallest absolute Gasteiger partial charge is 0.306 e. The van der Waals surface area contributed by atoms with E-state index in [4.69, 9.17) is 9.47 Å². The third-order valence-electron chi connectivity index (χ3n) is 3.86. The number of phenolic OH excluding ortho intramolecular Hbond substituents is 1. The van der Waals surface area contributed by atoms with E-state index >= 15 is 0 Å². The van der Waals surface area contributed by atoms with Crippen molar-refractivity contribution in [2.24, 2.45) is 0 Å². The standard InChI is InChI=1S/C21H21NO4/c1-3-26-20(24)13-8-17(14-22)21(15-4-9-18(23)10-5-15)16-6-11-19(25-2)12-7-16/h4-7,9-12,23H,3,8,13H2,1-2H3/b21-17+. The summed E-state index contributed by atoms with van der Waals surface area (Å²) in [5.41, 5.74) is 2.82. The van der Waals surface area contributed by atoms with E-state index in [1.165, 1.54) is 0 Å². The molecule has 0 aliphatic rings. The van der Waals surface area contributed by atoms with Crippen molar-refractivity contribution in [3.8, 4) is 17.6 Å². The number of methoxy groups -OCH3 is 1. The van der Waals surface area contributed by atoms with E-state index in [1.54, 1.807) is 38.3 Å². The summed E-state index contributed by atoms with van der Waals surface area (Å²) in [5, 5.41) is 19.2. The molecule has 134 valence electrons. The number of rotatable bonds is 7. The first-order valence-corrected chi connectivity index (χ1v) is 8.31. The van der Waals surface area contributed by atoms with Gasteiger partial charge in [-0.3, -0.25) is 4.79 Å². The van der Waals surface area contributed by atoms with Gasteiger partial charge in [0.2, 0.25) is 0 Å². The molecule has 0 saturated heterocycles. The van der Waals surface area contributed by atoms with Crippen LogP contribution in [0.3, 0.4) is 0 Å². The fourth-order valence-corrected chi connectivity index (χ4v) is 2.60. The molecular weight excluding hydrogens is 330 g/mol. The normalized spacial score (nSPS) is 11.3. The van der Waals surface area contributed by atoms with Crippen molar-refractivity contribution in [1.29, 1.82) is 5.26 Å². The molecule has 0 saturated carbocycles. The maximum absolute atomic E-state index is 11.7. The predicted octanol–water partition coefficient (Wildman–Crippen LogP) is 4.07. The topological polar surface area (TPSA) is 79.6 Å². The van der Waals surface area contributed by atoms with Crippen molar-refractivity contribution < 1.29 is 19.4 Å². The molecule has 0 radical (unpaired) electrons. The third kappa shape index (κ3) is 4.87. The number of aromatic hydroxyl groups is 1. The molecule has 0 spiro atoms. The molecule has 0 aliphatic carbocycles. The highest BCUT2D eigenvalue weighted by atomic mass is 16.5. The SMILES string of the molecule is CCOC(=O)CC/C(C#N)=C(/c1ccc(O)cc1)c1ccc(OC)cc1. The fraction of sp³-hybridized carbons (Fsp3) is 0.238. The molecule has 0 bridgehead atoms. The molecule has 2 rings (SSSR count). The van der Waals surface area contributed by atoms with E-state index in [0.29, 0.717) is 17.9 Å². The van der Waals surface area contributed by atoms with E-state index < -0.39 is 0 Å². The number of nitriles is 1. The average Bonchev–Trinajstić information content (AvgIpc) is 2.66. The lowest BCUT2D eigenvalue weighted by Gasteiger charge is -2.13. The Morgan fingerprint density at radius 1 is 1.04 bits per heavy atom. The fourth-order valence-electron chi connectivity index (χ4n) is 2.60. The van der Waals surface area contributed by atoms with Gasteiger partial charge in [0.15, 0.2) is 0 Å². The lowest BCUT2D eigenvalue weighted by Crippen LogP contribution is -2.04. The molecule has 1 N–H and O–H groups in total. The number of carbonyl (C=O) groups is 1. The first-order valence-electron chi connectivity index (χ1n) is 8.31. The van der Waals surface area contributed by atoms with Crippen molar-refractivity contribution in [2.45, 2.75) is 19.8 Å². The zero-order valence-electron chi connectivity index (χ0n) is 14.9. The number of ether oxygens (including phenoxy) is 2. The van der Waals surface area contributed by atoms with Crippen LogP contribution < -0.4 is 4.74 Å². The Morgan fingerprint density at radius 2 is 1.62 bits per heavy atom. The van der Waals surface area contributed by atoms with Gasteiger partial charge in [0.05, 0.1) is 26.2 Å². The average molecular weight is 351 g/mol. The summed E-state index contributed by atoms with van der Waals surface area (Å²) < 4.78 is 10.1. The molecule has 2 aromatic rings. The van der Waals surface area contributed by atoms with Gasteiger partial charge in [-0.15, -0.1) is 0 Å². The molecule has 26 heavy (non-hydrogen) atoms. The summed E-state index contributed by atoms with van der Waals surface area (Å²) >= 11 is 0. The van der Waals surface area contributed by atoms with Crippen LogP contribution in [0.5, 0.6) is 11.5 Å². The van der Waals surface area contributed by atoms with Crippen LogP contribution in [-0.2, 0) is 9.53 Å². The van der Waals surface area contributed by atoms with Gasteiger partial charge in [-0.1, -0.05) is 24.3 Å². The number of nitrogens with zero attached hydrogens (tertiary/aromatic N) is 1. The molecule has 0 atom stereocenters. The van der Waals surface area contributed by atoms with Gasteiger partial charge in [0, 0.05) is 11.1 Å². The highest BCUT2D eigenvalue weighted by Crippen LogP contribution is 2.31. The second kappa shape index (κ2) is 9.28. The first-order chi connectivity index (χ1) is 12.6. The summed E-state index contributed by atoms with van der Waals surface area (Å²) in [6.45, 7) is 2.06. The number of hydrogen-bond acceptors (Lipinski definition) is 5. The number of benzene rings is 2. The molecule has 0 fully saturated rings. The number of phenols is 1. The minimum Gasteiger partial charge on any atom is -0.508 e. The van der Waals surface area contributed by atoms with Gasteiger partial charge in [-0.05, 0) is 48.7 Å². The third-order valence-corrected chi connectivity index (χ3v) is 3.86.